The molecule has 0 bridgehead atoms. The molecule has 0 fully saturated rings. The monoisotopic (exact) mass is 433 g/mol. The molecule has 0 aliphatic rings. The van der Waals surface area contributed by atoms with Crippen LogP contribution in [0.5, 0.6) is 0 Å². The molecule has 0 amide bonds. The number of rotatable bonds is 7. The van der Waals surface area contributed by atoms with Crippen LogP contribution in [-0.4, -0.2) is 38.6 Å². The van der Waals surface area contributed by atoms with E-state index in [9.17, 15) is 25.3 Å². The number of nitrogens with two attached hydrogens (primary N) is 1. The molecule has 0 heterocycles. The Morgan fingerprint density at radius 1 is 0.926 bits per heavy atom. The predicted molar refractivity (Wildman–Crippen MR) is 101 cm³/mol. The van der Waals surface area contributed by atoms with Crippen LogP contribution < -0.4 is 15.2 Å². The minimum absolute atomic E-state index is 0.0669. The SMILES string of the molecule is CNS(=O)(=O)c1cccc(CNc2ccc(S(N)(=O)=O)cc2S(C)(=O)=O)c1. The fraction of sp³-hybridized carbons (Fsp3) is 0.200. The van der Waals surface area contributed by atoms with E-state index in [-0.39, 0.29) is 26.9 Å². The number of sulfone groups is 1. The van der Waals surface area contributed by atoms with E-state index in [0.29, 0.717) is 5.56 Å². The van der Waals surface area contributed by atoms with E-state index >= 15 is 0 Å². The van der Waals surface area contributed by atoms with Crippen LogP contribution in [0.25, 0.3) is 0 Å². The summed E-state index contributed by atoms with van der Waals surface area (Å²) in [4.78, 5) is -0.485. The first-order chi connectivity index (χ1) is 12.3. The number of hydrogen-bond acceptors (Lipinski definition) is 7. The second-order valence-corrected chi connectivity index (χ2v) is 11.1. The van der Waals surface area contributed by atoms with Crippen molar-refractivity contribution < 1.29 is 25.3 Å². The highest BCUT2D eigenvalue weighted by atomic mass is 32.2. The molecule has 4 N–H and O–H groups in total. The van der Waals surface area contributed by atoms with Crippen molar-refractivity contribution in [1.82, 2.24) is 4.72 Å². The van der Waals surface area contributed by atoms with Crippen LogP contribution in [0.2, 0.25) is 0 Å². The summed E-state index contributed by atoms with van der Waals surface area (Å²) in [6.07, 6.45) is 0.945. The number of primary sulfonamides is 1. The van der Waals surface area contributed by atoms with E-state index < -0.39 is 29.9 Å². The van der Waals surface area contributed by atoms with Gasteiger partial charge in [-0.1, -0.05) is 12.1 Å². The van der Waals surface area contributed by atoms with Crippen molar-refractivity contribution >= 4 is 35.6 Å². The molecule has 12 heteroatoms. The first-order valence-electron chi connectivity index (χ1n) is 7.48. The standard InChI is InChI=1S/C15H19N3O6S3/c1-17-27(23,24)13-5-3-4-11(8-13)10-18-14-7-6-12(26(16,21)22)9-15(14)25(2,19)20/h3-9,17-18H,10H2,1-2H3,(H2,16,21,22). The Hall–Kier alpha value is -1.99. The molecule has 9 nitrogen and oxygen atoms in total. The summed E-state index contributed by atoms with van der Waals surface area (Å²) in [6, 6.07) is 9.56. The zero-order chi connectivity index (χ0) is 20.5. The average molecular weight is 434 g/mol. The maximum Gasteiger partial charge on any atom is 0.240 e. The maximum absolute atomic E-state index is 12.0. The Morgan fingerprint density at radius 3 is 2.15 bits per heavy atom. The van der Waals surface area contributed by atoms with Crippen LogP contribution in [0.15, 0.2) is 57.2 Å². The summed E-state index contributed by atoms with van der Waals surface area (Å²) >= 11 is 0. The van der Waals surface area contributed by atoms with Crippen molar-refractivity contribution in [2.24, 2.45) is 5.14 Å². The smallest absolute Gasteiger partial charge is 0.240 e. The number of benzene rings is 2. The van der Waals surface area contributed by atoms with Gasteiger partial charge in [0.05, 0.1) is 20.4 Å². The number of sulfonamides is 2. The highest BCUT2D eigenvalue weighted by Gasteiger charge is 2.18. The predicted octanol–water partition coefficient (Wildman–Crippen LogP) is 0.258. The number of anilines is 1. The number of hydrogen-bond donors (Lipinski definition) is 3. The zero-order valence-corrected chi connectivity index (χ0v) is 16.9. The van der Waals surface area contributed by atoms with E-state index in [0.717, 1.165) is 12.3 Å². The third-order valence-corrected chi connectivity index (χ3v) is 7.10. The fourth-order valence-electron chi connectivity index (χ4n) is 2.27. The topological polar surface area (TPSA) is 152 Å². The molecule has 0 aromatic heterocycles. The van der Waals surface area contributed by atoms with Crippen molar-refractivity contribution in [2.75, 3.05) is 18.6 Å². The van der Waals surface area contributed by atoms with Gasteiger partial charge in [0, 0.05) is 12.8 Å². The van der Waals surface area contributed by atoms with E-state index in [1.807, 2.05) is 0 Å². The highest BCUT2D eigenvalue weighted by Crippen LogP contribution is 2.25. The van der Waals surface area contributed by atoms with Gasteiger partial charge < -0.3 is 5.32 Å². The molecule has 0 unspecified atom stereocenters. The van der Waals surface area contributed by atoms with Gasteiger partial charge in [-0.05, 0) is 42.9 Å². The van der Waals surface area contributed by atoms with E-state index in [2.05, 4.69) is 10.0 Å². The molecular formula is C15H19N3O6S3. The Bertz CT molecular complexity index is 1170. The maximum atomic E-state index is 12.0. The third-order valence-electron chi connectivity index (χ3n) is 3.64. The molecule has 2 rings (SSSR count). The average Bonchev–Trinajstić information content (AvgIpc) is 2.58. The molecule has 0 radical (unpaired) electrons. The molecule has 0 aliphatic carbocycles. The van der Waals surface area contributed by atoms with Gasteiger partial charge in [-0.2, -0.15) is 0 Å². The van der Waals surface area contributed by atoms with Crippen molar-refractivity contribution in [3.8, 4) is 0 Å². The van der Waals surface area contributed by atoms with Gasteiger partial charge in [0.2, 0.25) is 20.0 Å². The van der Waals surface area contributed by atoms with Crippen LogP contribution in [0.4, 0.5) is 5.69 Å². The molecule has 27 heavy (non-hydrogen) atoms. The van der Waals surface area contributed by atoms with Gasteiger partial charge in [-0.15, -0.1) is 0 Å². The molecule has 0 spiro atoms. The summed E-state index contributed by atoms with van der Waals surface area (Å²) in [5.74, 6) is 0. The van der Waals surface area contributed by atoms with Crippen LogP contribution in [0, 0.1) is 0 Å². The summed E-state index contributed by atoms with van der Waals surface area (Å²) in [6.45, 7) is 0.115. The van der Waals surface area contributed by atoms with Gasteiger partial charge in [-0.3, -0.25) is 0 Å². The molecule has 0 aliphatic heterocycles. The van der Waals surface area contributed by atoms with Gasteiger partial charge >= 0.3 is 0 Å². The minimum atomic E-state index is -4.06. The number of nitrogens with one attached hydrogen (secondary N) is 2. The third kappa shape index (κ3) is 5.26. The second kappa shape index (κ2) is 7.56. The van der Waals surface area contributed by atoms with Crippen LogP contribution in [0.1, 0.15) is 5.56 Å². The molecule has 0 saturated carbocycles. The molecule has 0 saturated heterocycles. The van der Waals surface area contributed by atoms with Crippen molar-refractivity contribution in [2.45, 2.75) is 21.2 Å². The lowest BCUT2D eigenvalue weighted by atomic mass is 10.2. The van der Waals surface area contributed by atoms with Crippen molar-refractivity contribution in [3.63, 3.8) is 0 Å². The van der Waals surface area contributed by atoms with Gasteiger partial charge in [-0.25, -0.2) is 35.1 Å². The van der Waals surface area contributed by atoms with Crippen molar-refractivity contribution in [3.05, 3.63) is 48.0 Å². The lowest BCUT2D eigenvalue weighted by Crippen LogP contribution is -2.18. The summed E-state index contributed by atoms with van der Waals surface area (Å²) < 4.78 is 72.9. The second-order valence-electron chi connectivity index (χ2n) is 5.68. The van der Waals surface area contributed by atoms with Crippen molar-refractivity contribution in [1.29, 1.82) is 0 Å². The molecule has 2 aromatic rings. The Labute approximate surface area is 158 Å². The Balaban J connectivity index is 2.38. The normalized spacial score (nSPS) is 12.7. The molecule has 148 valence electrons. The molecular weight excluding hydrogens is 414 g/mol. The Morgan fingerprint density at radius 2 is 1.59 bits per heavy atom. The molecule has 2 aromatic carbocycles. The quantitative estimate of drug-likeness (QED) is 0.566. The van der Waals surface area contributed by atoms with Gasteiger partial charge in [0.1, 0.15) is 0 Å². The summed E-state index contributed by atoms with van der Waals surface area (Å²) in [5.41, 5.74) is 0.757. The van der Waals surface area contributed by atoms with Crippen LogP contribution >= 0.6 is 0 Å². The Kier molecular flexibility index (Phi) is 5.97. The van der Waals surface area contributed by atoms with Gasteiger partial charge in [0.25, 0.3) is 0 Å². The summed E-state index contributed by atoms with van der Waals surface area (Å²) in [5, 5.41) is 7.93. The fourth-order valence-corrected chi connectivity index (χ4v) is 4.57. The van der Waals surface area contributed by atoms with E-state index in [4.69, 9.17) is 5.14 Å². The van der Waals surface area contributed by atoms with Gasteiger partial charge in [0.15, 0.2) is 9.84 Å². The van der Waals surface area contributed by atoms with Crippen LogP contribution in [-0.2, 0) is 36.4 Å². The largest absolute Gasteiger partial charge is 0.380 e. The summed E-state index contributed by atoms with van der Waals surface area (Å²) in [7, 11) is -10.1. The molecule has 0 atom stereocenters. The van der Waals surface area contributed by atoms with Crippen LogP contribution in [0.3, 0.4) is 0 Å². The lowest BCUT2D eigenvalue weighted by molar-refractivity contribution is 0.587. The lowest BCUT2D eigenvalue weighted by Gasteiger charge is -2.13. The first-order valence-corrected chi connectivity index (χ1v) is 12.4. The minimum Gasteiger partial charge on any atom is -0.380 e. The van der Waals surface area contributed by atoms with E-state index in [1.54, 1.807) is 12.1 Å². The highest BCUT2D eigenvalue weighted by molar-refractivity contribution is 7.91. The first kappa shape index (κ1) is 21.3. The zero-order valence-electron chi connectivity index (χ0n) is 14.5. The van der Waals surface area contributed by atoms with E-state index in [1.165, 1.54) is 31.3 Å².